The second-order valence-corrected chi connectivity index (χ2v) is 22.5. The minimum absolute atomic E-state index is 0.0893. The fourth-order valence-corrected chi connectivity index (χ4v) is 13.5. The molecule has 2 aromatic carbocycles. The van der Waals surface area contributed by atoms with E-state index in [1.54, 1.807) is 56.1 Å². The number of fused-ring (bicyclic) bond motifs is 8. The molecule has 0 bridgehead atoms. The molecule has 66 heavy (non-hydrogen) atoms. The number of hydrogen-bond donors (Lipinski definition) is 5. The van der Waals surface area contributed by atoms with Crippen LogP contribution in [-0.2, 0) is 57.6 Å². The number of carbonyl (C=O) groups is 4. The maximum Gasteiger partial charge on any atom is 0.408 e. The number of alkyl carbamates (subject to hydrolysis) is 1. The van der Waals surface area contributed by atoms with Gasteiger partial charge < -0.3 is 31.5 Å². The number of aliphatic hydroxyl groups is 1. The largest absolute Gasteiger partial charge is 0.444 e. The normalized spacial score (nSPS) is 17.9. The zero-order valence-corrected chi connectivity index (χ0v) is 40.3. The molecule has 6 heterocycles. The number of carbonyl (C=O) groups excluding carboxylic acids is 4. The molecule has 1 amide bonds. The summed E-state index contributed by atoms with van der Waals surface area (Å²) in [6, 6.07) is 11.3. The van der Waals surface area contributed by atoms with Gasteiger partial charge in [-0.2, -0.15) is 0 Å². The van der Waals surface area contributed by atoms with Crippen LogP contribution in [0.1, 0.15) is 84.9 Å². The number of hydrogen-bond acceptors (Lipinski definition) is 17. The van der Waals surface area contributed by atoms with Crippen LogP contribution >= 0.6 is 46.2 Å². The average molecular weight is 965 g/mol. The Labute approximate surface area is 399 Å². The number of aliphatic hydroxyl groups excluding tert-OH is 1. The van der Waals surface area contributed by atoms with Gasteiger partial charge in [-0.3, -0.25) is 14.4 Å². The number of aromatic nitrogens is 4. The number of aryl methyl sites for hydroxylation is 2. The molecule has 0 fully saturated rings. The third-order valence-electron chi connectivity index (χ3n) is 12.3. The van der Waals surface area contributed by atoms with E-state index < -0.39 is 17.7 Å². The summed E-state index contributed by atoms with van der Waals surface area (Å²) in [7, 11) is 0. The molecule has 0 spiro atoms. The number of nitrogens with one attached hydrogen (secondary N) is 3. The van der Waals surface area contributed by atoms with E-state index in [9.17, 15) is 24.3 Å². The first-order valence-corrected chi connectivity index (χ1v) is 25.6. The summed E-state index contributed by atoms with van der Waals surface area (Å²) in [4.78, 5) is 73.4. The number of thioether (sulfide) groups is 2. The van der Waals surface area contributed by atoms with E-state index in [2.05, 4.69) is 35.9 Å². The van der Waals surface area contributed by atoms with E-state index in [-0.39, 0.29) is 29.0 Å². The number of nitrogens with zero attached hydrogens (tertiary/aromatic N) is 4. The lowest BCUT2D eigenvalue weighted by atomic mass is 9.84. The van der Waals surface area contributed by atoms with Crippen LogP contribution in [0.25, 0.3) is 20.4 Å². The molecule has 0 radical (unpaired) electrons. The van der Waals surface area contributed by atoms with Crippen LogP contribution in [0.15, 0.2) is 58.8 Å². The van der Waals surface area contributed by atoms with E-state index >= 15 is 0 Å². The molecular formula is C48H52N8O6S4. The number of amides is 1. The molecule has 6 aromatic rings. The van der Waals surface area contributed by atoms with Gasteiger partial charge in [0.15, 0.2) is 16.0 Å². The quantitative estimate of drug-likeness (QED) is 0.0775. The third-order valence-corrected chi connectivity index (χ3v) is 16.6. The van der Waals surface area contributed by atoms with Gasteiger partial charge in [-0.1, -0.05) is 35.7 Å². The lowest BCUT2D eigenvalue weighted by Crippen LogP contribution is -2.44. The number of ketones is 1. The Morgan fingerprint density at radius 2 is 1.33 bits per heavy atom. The van der Waals surface area contributed by atoms with Gasteiger partial charge in [-0.25, -0.2) is 24.7 Å². The standard InChI is InChI=1S/C29H34N4O5S2.C19H18N4OS2/c1-29(2,3)38-28(37)33-20(10-11-34)21(35)9-5-16-4-8-19-23(12-16)40-27-25(19)26(30-15-31-27)32-18-7-6-17-13-24(36)39-22(17)14-18;20-8-10-1-4-13-15(5-10)26-19-17(13)18(21-9-22-19)23-12-3-2-11-6-16(24)25-14(11)7-12/h6-7,14-16,20,34H,4-5,8-13H2,1-3H3,(H,33,37)(H,30,31,32);2-3,7,9-10H,1,4-6,8,20H2,(H,21,22,23)/t16?,20-;/m0./s1. The van der Waals surface area contributed by atoms with Crippen molar-refractivity contribution in [1.82, 2.24) is 25.3 Å². The molecule has 6 N–H and O–H groups in total. The van der Waals surface area contributed by atoms with E-state index in [0.717, 1.165) is 109 Å². The lowest BCUT2D eigenvalue weighted by Gasteiger charge is -2.24. The first-order valence-electron chi connectivity index (χ1n) is 22.4. The maximum absolute atomic E-state index is 12.9. The topological polar surface area (TPSA) is 211 Å². The fraction of sp³-hybridized carbons (Fsp3) is 0.417. The molecule has 18 heteroatoms. The molecular weight excluding hydrogens is 913 g/mol. The van der Waals surface area contributed by atoms with Crippen molar-refractivity contribution in [2.24, 2.45) is 17.6 Å². The first-order chi connectivity index (χ1) is 31.8. The maximum atomic E-state index is 12.9. The summed E-state index contributed by atoms with van der Waals surface area (Å²) in [6.45, 7) is 5.85. The highest BCUT2D eigenvalue weighted by molar-refractivity contribution is 8.14. The van der Waals surface area contributed by atoms with Crippen LogP contribution in [0.3, 0.4) is 0 Å². The number of rotatable bonds is 12. The SMILES string of the molecule is CC(C)(C)OC(=O)N[C@@H](CCO)C(=O)CCC1CCc2c(sc3ncnc(Nc4ccc5c(c4)SC(=O)C5)c23)C1.NCC1CCc2c(sc3ncnc(Nc4ccc5c(c4)SC(=O)C5)c23)C1. The van der Waals surface area contributed by atoms with Crippen molar-refractivity contribution in [2.45, 2.75) is 113 Å². The van der Waals surface area contributed by atoms with E-state index in [1.165, 1.54) is 44.4 Å². The van der Waals surface area contributed by atoms with Crippen LogP contribution in [0.5, 0.6) is 0 Å². The highest BCUT2D eigenvalue weighted by atomic mass is 32.2. The van der Waals surface area contributed by atoms with Crippen molar-refractivity contribution >= 4 is 112 Å². The molecule has 344 valence electrons. The first kappa shape index (κ1) is 46.1. The van der Waals surface area contributed by atoms with Crippen molar-refractivity contribution in [3.05, 3.63) is 81.1 Å². The second kappa shape index (κ2) is 19.7. The zero-order valence-electron chi connectivity index (χ0n) is 37.0. The van der Waals surface area contributed by atoms with Crippen molar-refractivity contribution in [3.63, 3.8) is 0 Å². The molecule has 14 nitrogen and oxygen atoms in total. The van der Waals surface area contributed by atoms with Crippen molar-refractivity contribution < 1.29 is 29.0 Å². The van der Waals surface area contributed by atoms with Crippen LogP contribution in [0, 0.1) is 11.8 Å². The predicted molar refractivity (Wildman–Crippen MR) is 263 cm³/mol. The molecule has 0 saturated carbocycles. The van der Waals surface area contributed by atoms with Crippen LogP contribution < -0.4 is 21.7 Å². The Morgan fingerprint density at radius 1 is 0.803 bits per heavy atom. The number of thiophene rings is 2. The number of benzene rings is 2. The second-order valence-electron chi connectivity index (χ2n) is 18.2. The van der Waals surface area contributed by atoms with Gasteiger partial charge in [-0.15, -0.1) is 22.7 Å². The highest BCUT2D eigenvalue weighted by Crippen LogP contribution is 2.44. The summed E-state index contributed by atoms with van der Waals surface area (Å²) in [6.07, 6.45) is 10.7. The van der Waals surface area contributed by atoms with E-state index in [0.29, 0.717) is 37.5 Å². The van der Waals surface area contributed by atoms with Gasteiger partial charge in [0, 0.05) is 56.8 Å². The smallest absolute Gasteiger partial charge is 0.408 e. The summed E-state index contributed by atoms with van der Waals surface area (Å²) in [5.74, 6) is 2.45. The number of Topliss-reactive ketones (excluding diaryl/α,β-unsaturated/α-hetero) is 1. The fourth-order valence-electron chi connectivity index (χ4n) is 9.06. The highest BCUT2D eigenvalue weighted by Gasteiger charge is 2.30. The Morgan fingerprint density at radius 3 is 1.85 bits per heavy atom. The van der Waals surface area contributed by atoms with Crippen molar-refractivity contribution in [1.29, 1.82) is 0 Å². The molecule has 0 saturated heterocycles. The minimum atomic E-state index is -0.761. The third kappa shape index (κ3) is 10.4. The Hall–Kier alpha value is -4.98. The Bertz CT molecular complexity index is 2860. The summed E-state index contributed by atoms with van der Waals surface area (Å²) >= 11 is 6.06. The Balaban J connectivity index is 0.000000181. The number of nitrogens with two attached hydrogens (primary N) is 1. The van der Waals surface area contributed by atoms with Crippen molar-refractivity contribution in [3.8, 4) is 0 Å². The van der Waals surface area contributed by atoms with Crippen molar-refractivity contribution in [2.75, 3.05) is 23.8 Å². The van der Waals surface area contributed by atoms with Gasteiger partial charge in [-0.05, 0) is 137 Å². The molecule has 3 atom stereocenters. The average Bonchev–Trinajstić information content (AvgIpc) is 4.05. The van der Waals surface area contributed by atoms with Gasteiger partial charge in [0.1, 0.15) is 39.6 Å². The minimum Gasteiger partial charge on any atom is -0.444 e. The van der Waals surface area contributed by atoms with Crippen LogP contribution in [0.2, 0.25) is 0 Å². The molecule has 4 aromatic heterocycles. The predicted octanol–water partition coefficient (Wildman–Crippen LogP) is 9.01. The van der Waals surface area contributed by atoms with Gasteiger partial charge >= 0.3 is 6.09 Å². The van der Waals surface area contributed by atoms with Gasteiger partial charge in [0.25, 0.3) is 0 Å². The summed E-state index contributed by atoms with van der Waals surface area (Å²) < 4.78 is 5.28. The van der Waals surface area contributed by atoms with Gasteiger partial charge in [0.2, 0.25) is 0 Å². The zero-order chi connectivity index (χ0) is 46.1. The monoisotopic (exact) mass is 964 g/mol. The van der Waals surface area contributed by atoms with Gasteiger partial charge in [0.05, 0.1) is 16.8 Å². The van der Waals surface area contributed by atoms with Crippen LogP contribution in [0.4, 0.5) is 27.8 Å². The summed E-state index contributed by atoms with van der Waals surface area (Å²) in [5, 5.41) is 21.5. The summed E-state index contributed by atoms with van der Waals surface area (Å²) in [5.41, 5.74) is 11.9. The van der Waals surface area contributed by atoms with E-state index in [1.807, 2.05) is 36.4 Å². The molecule has 4 aliphatic rings. The van der Waals surface area contributed by atoms with Crippen LogP contribution in [-0.4, -0.2) is 71.9 Å². The Kier molecular flexibility index (Phi) is 13.8. The van der Waals surface area contributed by atoms with E-state index in [4.69, 9.17) is 10.5 Å². The molecule has 2 aliphatic heterocycles. The lowest BCUT2D eigenvalue weighted by molar-refractivity contribution is -0.121. The number of anilines is 4. The molecule has 2 unspecified atom stereocenters. The number of ether oxygens (including phenoxy) is 1. The molecule has 10 rings (SSSR count). The molecule has 2 aliphatic carbocycles.